The number of rotatable bonds is 6. The SMILES string of the molecule is O=C1CCC(N2Cc3c(ccc4c3OC[C@H]3CN(CC(=O)N5CCN(c6ccc([C@@H]7c8ccc(O)cc8CC[C@@H]7c7ccccc7)cc6)CC5)CCN43)C2=O)C(=O)N1. The normalized spacial score (nSPS) is 24.4. The zero-order chi connectivity index (χ0) is 39.5. The molecule has 1 unspecified atom stereocenters. The molecular weight excluding hydrogens is 733 g/mol. The number of phenols is 1. The Kier molecular flexibility index (Phi) is 9.31. The molecule has 4 amide bonds. The van der Waals surface area contributed by atoms with E-state index in [0.29, 0.717) is 62.2 Å². The van der Waals surface area contributed by atoms with Gasteiger partial charge < -0.3 is 29.4 Å². The van der Waals surface area contributed by atoms with E-state index >= 15 is 0 Å². The lowest BCUT2D eigenvalue weighted by molar-refractivity contribution is -0.137. The lowest BCUT2D eigenvalue weighted by Gasteiger charge is -2.46. The Hall–Kier alpha value is -5.88. The zero-order valence-corrected chi connectivity index (χ0v) is 32.5. The maximum atomic E-state index is 13.6. The van der Waals surface area contributed by atoms with Gasteiger partial charge in [-0.2, -0.15) is 0 Å². The van der Waals surface area contributed by atoms with Crippen molar-refractivity contribution >= 4 is 35.0 Å². The van der Waals surface area contributed by atoms with Gasteiger partial charge in [0.2, 0.25) is 17.7 Å². The Morgan fingerprint density at radius 1 is 0.810 bits per heavy atom. The number of piperazine rings is 2. The number of nitrogens with zero attached hydrogens (tertiary/aromatic N) is 5. The highest BCUT2D eigenvalue weighted by Crippen LogP contribution is 2.47. The molecule has 0 radical (unpaired) electrons. The molecule has 6 aliphatic rings. The molecule has 12 nitrogen and oxygen atoms in total. The minimum absolute atomic E-state index is 0.0764. The number of piperidine rings is 1. The molecule has 4 aromatic carbocycles. The van der Waals surface area contributed by atoms with Crippen LogP contribution in [0.3, 0.4) is 0 Å². The maximum Gasteiger partial charge on any atom is 0.255 e. The number of aryl methyl sites for hydroxylation is 1. The second kappa shape index (κ2) is 14.8. The maximum absolute atomic E-state index is 13.6. The van der Waals surface area contributed by atoms with Crippen LogP contribution in [-0.4, -0.2) is 114 Å². The van der Waals surface area contributed by atoms with Crippen LogP contribution in [-0.2, 0) is 27.3 Å². The van der Waals surface area contributed by atoms with Crippen molar-refractivity contribution in [2.75, 3.05) is 68.8 Å². The molecule has 5 aliphatic heterocycles. The van der Waals surface area contributed by atoms with Crippen molar-refractivity contribution < 1.29 is 29.0 Å². The van der Waals surface area contributed by atoms with Crippen molar-refractivity contribution in [2.45, 2.75) is 56.1 Å². The van der Waals surface area contributed by atoms with Crippen molar-refractivity contribution in [3.8, 4) is 11.5 Å². The quantitative estimate of drug-likeness (QED) is 0.277. The average molecular weight is 781 g/mol. The third kappa shape index (κ3) is 6.53. The molecule has 0 saturated carbocycles. The number of amides is 4. The highest BCUT2D eigenvalue weighted by Gasteiger charge is 2.43. The second-order valence-corrected chi connectivity index (χ2v) is 16.6. The number of fused-ring (bicyclic) bond motifs is 6. The van der Waals surface area contributed by atoms with Crippen LogP contribution < -0.4 is 19.9 Å². The average Bonchev–Trinajstić information content (AvgIpc) is 3.59. The highest BCUT2D eigenvalue weighted by molar-refractivity contribution is 6.06. The summed E-state index contributed by atoms with van der Waals surface area (Å²) >= 11 is 0. The number of benzene rings is 4. The van der Waals surface area contributed by atoms with Gasteiger partial charge in [-0.15, -0.1) is 0 Å². The molecule has 5 heterocycles. The molecule has 0 bridgehead atoms. The first-order valence-electron chi connectivity index (χ1n) is 20.7. The molecule has 0 spiro atoms. The smallest absolute Gasteiger partial charge is 0.255 e. The Morgan fingerprint density at radius 2 is 1.62 bits per heavy atom. The lowest BCUT2D eigenvalue weighted by Crippen LogP contribution is -2.59. The Balaban J connectivity index is 0.748. The van der Waals surface area contributed by atoms with E-state index in [1.807, 2.05) is 29.2 Å². The number of carbonyl (C=O) groups excluding carboxylic acids is 4. The lowest BCUT2D eigenvalue weighted by atomic mass is 9.69. The minimum Gasteiger partial charge on any atom is -0.508 e. The fraction of sp³-hybridized carbons (Fsp3) is 0.391. The summed E-state index contributed by atoms with van der Waals surface area (Å²) in [5.74, 6) is 0.802. The van der Waals surface area contributed by atoms with Gasteiger partial charge >= 0.3 is 0 Å². The van der Waals surface area contributed by atoms with Crippen molar-refractivity contribution in [1.82, 2.24) is 20.0 Å². The Labute approximate surface area is 337 Å². The number of hydrogen-bond acceptors (Lipinski definition) is 9. The fourth-order valence-electron chi connectivity index (χ4n) is 10.4. The molecule has 0 aromatic heterocycles. The van der Waals surface area contributed by atoms with E-state index < -0.39 is 11.9 Å². The van der Waals surface area contributed by atoms with Gasteiger partial charge in [-0.1, -0.05) is 48.5 Å². The first kappa shape index (κ1) is 36.5. The molecule has 2 N–H and O–H groups in total. The molecule has 4 aromatic rings. The summed E-state index contributed by atoms with van der Waals surface area (Å²) in [5, 5.41) is 12.6. The van der Waals surface area contributed by atoms with Crippen LogP contribution in [0.2, 0.25) is 0 Å². The molecule has 58 heavy (non-hydrogen) atoms. The molecule has 3 fully saturated rings. The van der Waals surface area contributed by atoms with E-state index in [0.717, 1.165) is 50.3 Å². The van der Waals surface area contributed by atoms with Crippen LogP contribution >= 0.6 is 0 Å². The standard InChI is InChI=1S/C46H48N6O6/c53-34-11-13-36-31(24-34)8-12-35(29-4-2-1-3-5-29)43(36)30-6-9-32(10-7-30)49-19-21-50(22-20-49)42(55)27-48-18-23-51-33(25-48)28-58-44-38-26-52(40-16-17-41(54)47-45(40)56)46(57)37(38)14-15-39(44)51/h1-7,9-11,13-15,24,33,35,40,43,53H,8,12,16-23,25-28H2,(H,47,54,56)/t33-,35-,40?,43+/m1/s1. The minimum atomic E-state index is -0.669. The number of aromatic hydroxyl groups is 1. The highest BCUT2D eigenvalue weighted by atomic mass is 16.5. The van der Waals surface area contributed by atoms with Crippen LogP contribution in [0.4, 0.5) is 11.4 Å². The van der Waals surface area contributed by atoms with Gasteiger partial charge in [-0.25, -0.2) is 0 Å². The topological polar surface area (TPSA) is 126 Å². The van der Waals surface area contributed by atoms with E-state index in [9.17, 15) is 24.3 Å². The van der Waals surface area contributed by atoms with E-state index in [1.54, 1.807) is 4.90 Å². The van der Waals surface area contributed by atoms with Gasteiger partial charge in [-0.3, -0.25) is 29.4 Å². The number of hydrogen-bond donors (Lipinski definition) is 2. The third-order valence-electron chi connectivity index (χ3n) is 13.4. The summed E-state index contributed by atoms with van der Waals surface area (Å²) in [4.78, 5) is 61.8. The van der Waals surface area contributed by atoms with Gasteiger partial charge in [0.15, 0.2) is 0 Å². The van der Waals surface area contributed by atoms with Gasteiger partial charge in [0.1, 0.15) is 24.1 Å². The van der Waals surface area contributed by atoms with Crippen LogP contribution in [0, 0.1) is 0 Å². The third-order valence-corrected chi connectivity index (χ3v) is 13.4. The number of anilines is 2. The summed E-state index contributed by atoms with van der Waals surface area (Å²) in [7, 11) is 0. The predicted molar refractivity (Wildman–Crippen MR) is 218 cm³/mol. The molecule has 4 atom stereocenters. The molecule has 298 valence electrons. The monoisotopic (exact) mass is 780 g/mol. The summed E-state index contributed by atoms with van der Waals surface area (Å²) < 4.78 is 6.36. The Bertz CT molecular complexity index is 2270. The van der Waals surface area contributed by atoms with Crippen LogP contribution in [0.15, 0.2) is 84.9 Å². The predicted octanol–water partition coefficient (Wildman–Crippen LogP) is 4.25. The first-order valence-corrected chi connectivity index (χ1v) is 20.7. The largest absolute Gasteiger partial charge is 0.508 e. The summed E-state index contributed by atoms with van der Waals surface area (Å²) in [6, 6.07) is 28.8. The summed E-state index contributed by atoms with van der Waals surface area (Å²) in [5.41, 5.74) is 8.61. The second-order valence-electron chi connectivity index (χ2n) is 16.6. The molecule has 3 saturated heterocycles. The number of carbonyl (C=O) groups is 4. The number of nitrogens with one attached hydrogen (secondary N) is 1. The zero-order valence-electron chi connectivity index (χ0n) is 32.5. The summed E-state index contributed by atoms with van der Waals surface area (Å²) in [6.07, 6.45) is 2.51. The molecular formula is C46H48N6O6. The molecule has 1 aliphatic carbocycles. The fourth-order valence-corrected chi connectivity index (χ4v) is 10.4. The van der Waals surface area contributed by atoms with Crippen LogP contribution in [0.25, 0.3) is 0 Å². The van der Waals surface area contributed by atoms with E-state index in [4.69, 9.17) is 4.74 Å². The van der Waals surface area contributed by atoms with Crippen molar-refractivity contribution in [2.24, 2.45) is 0 Å². The van der Waals surface area contributed by atoms with Gasteiger partial charge in [0, 0.05) is 75.0 Å². The van der Waals surface area contributed by atoms with Crippen molar-refractivity contribution in [3.05, 3.63) is 118 Å². The number of phenolic OH excluding ortho intramolecular Hbond substituents is 1. The van der Waals surface area contributed by atoms with Gasteiger partial charge in [-0.05, 0) is 83.8 Å². The Morgan fingerprint density at radius 3 is 2.41 bits per heavy atom. The first-order chi connectivity index (χ1) is 28.3. The van der Waals surface area contributed by atoms with E-state index in [-0.39, 0.29) is 42.6 Å². The molecule has 12 heteroatoms. The van der Waals surface area contributed by atoms with Gasteiger partial charge in [0.25, 0.3) is 5.91 Å². The number of ether oxygens (including phenoxy) is 1. The number of imide groups is 1. The van der Waals surface area contributed by atoms with Crippen LogP contribution in [0.5, 0.6) is 11.5 Å². The van der Waals surface area contributed by atoms with E-state index in [2.05, 4.69) is 80.7 Å². The van der Waals surface area contributed by atoms with Crippen molar-refractivity contribution in [1.29, 1.82) is 0 Å². The molecule has 10 rings (SSSR count). The van der Waals surface area contributed by atoms with Gasteiger partial charge in [0.05, 0.1) is 24.8 Å². The summed E-state index contributed by atoms with van der Waals surface area (Å²) in [6.45, 7) is 6.18. The van der Waals surface area contributed by atoms with Crippen LogP contribution in [0.1, 0.15) is 69.3 Å². The van der Waals surface area contributed by atoms with Crippen molar-refractivity contribution in [3.63, 3.8) is 0 Å². The van der Waals surface area contributed by atoms with E-state index in [1.165, 1.54) is 27.9 Å².